The predicted octanol–water partition coefficient (Wildman–Crippen LogP) is 16.8. The van der Waals surface area contributed by atoms with Gasteiger partial charge in [0.15, 0.2) is 0 Å². The van der Waals surface area contributed by atoms with Crippen LogP contribution in [-0.4, -0.2) is 0 Å². The number of benzene rings is 10. The Morgan fingerprint density at radius 2 is 0.410 bits per heavy atom. The Hall–Kier alpha value is -8.00. The van der Waals surface area contributed by atoms with E-state index in [2.05, 4.69) is 266 Å². The molecule has 0 saturated heterocycles. The van der Waals surface area contributed by atoms with E-state index in [1.165, 1.54) is 77.9 Å². The summed E-state index contributed by atoms with van der Waals surface area (Å²) in [6.45, 7) is 0. The number of rotatable bonds is 10. The lowest BCUT2D eigenvalue weighted by atomic mass is 9.91. The van der Waals surface area contributed by atoms with Crippen LogP contribution in [0.3, 0.4) is 0 Å². The topological polar surface area (TPSA) is 3.24 Å². The largest absolute Gasteiger partial charge is 0.311 e. The van der Waals surface area contributed by atoms with Crippen molar-refractivity contribution in [3.8, 4) is 77.9 Å². The van der Waals surface area contributed by atoms with E-state index in [1.54, 1.807) is 0 Å². The zero-order valence-electron chi connectivity index (χ0n) is 33.8. The molecule has 0 aliphatic carbocycles. The van der Waals surface area contributed by atoms with Crippen LogP contribution in [0.2, 0.25) is 0 Å². The Morgan fingerprint density at radius 1 is 0.164 bits per heavy atom. The molecule has 0 aromatic heterocycles. The molecule has 10 aromatic carbocycles. The van der Waals surface area contributed by atoms with Gasteiger partial charge < -0.3 is 4.90 Å². The van der Waals surface area contributed by atoms with Gasteiger partial charge in [0.1, 0.15) is 0 Å². The second-order valence-electron chi connectivity index (χ2n) is 15.3. The van der Waals surface area contributed by atoms with Gasteiger partial charge in [-0.05, 0) is 120 Å². The second kappa shape index (κ2) is 17.1. The molecule has 0 aliphatic heterocycles. The first-order chi connectivity index (χ1) is 30.2. The van der Waals surface area contributed by atoms with Crippen LogP contribution in [-0.2, 0) is 0 Å². The quantitative estimate of drug-likeness (QED) is 0.134. The third kappa shape index (κ3) is 7.93. The lowest BCUT2D eigenvalue weighted by molar-refractivity contribution is 1.28. The Morgan fingerprint density at radius 3 is 0.820 bits per heavy atom. The molecule has 0 N–H and O–H groups in total. The van der Waals surface area contributed by atoms with Crippen LogP contribution in [0.25, 0.3) is 77.9 Å². The summed E-state index contributed by atoms with van der Waals surface area (Å²) < 4.78 is 0. The van der Waals surface area contributed by atoms with E-state index in [9.17, 15) is 0 Å². The highest BCUT2D eigenvalue weighted by atomic mass is 15.1. The van der Waals surface area contributed by atoms with Gasteiger partial charge in [0.2, 0.25) is 0 Å². The Kier molecular flexibility index (Phi) is 10.4. The van der Waals surface area contributed by atoms with Gasteiger partial charge in [-0.25, -0.2) is 0 Å². The Bertz CT molecular complexity index is 2990. The van der Waals surface area contributed by atoms with Gasteiger partial charge in [0.05, 0.1) is 0 Å². The molecule has 0 atom stereocenters. The van der Waals surface area contributed by atoms with Crippen molar-refractivity contribution < 1.29 is 0 Å². The summed E-state index contributed by atoms with van der Waals surface area (Å²) in [7, 11) is 0. The van der Waals surface area contributed by atoms with Crippen LogP contribution in [0.15, 0.2) is 261 Å². The lowest BCUT2D eigenvalue weighted by Crippen LogP contribution is -2.09. The Balaban J connectivity index is 1.03. The van der Waals surface area contributed by atoms with E-state index >= 15 is 0 Å². The highest BCUT2D eigenvalue weighted by Crippen LogP contribution is 2.41. The monoisotopic (exact) mass is 777 g/mol. The van der Waals surface area contributed by atoms with Crippen molar-refractivity contribution in [3.05, 3.63) is 261 Å². The van der Waals surface area contributed by atoms with E-state index in [0.717, 1.165) is 17.1 Å². The van der Waals surface area contributed by atoms with Gasteiger partial charge in [0, 0.05) is 17.1 Å². The predicted molar refractivity (Wildman–Crippen MR) is 259 cm³/mol. The first-order valence-electron chi connectivity index (χ1n) is 20.9. The first-order valence-corrected chi connectivity index (χ1v) is 20.9. The molecule has 0 spiro atoms. The maximum absolute atomic E-state index is 2.36. The van der Waals surface area contributed by atoms with Gasteiger partial charge in [0.25, 0.3) is 0 Å². The summed E-state index contributed by atoms with van der Waals surface area (Å²) in [5.74, 6) is 0. The molecular weight excluding hydrogens is 735 g/mol. The van der Waals surface area contributed by atoms with Crippen LogP contribution in [0, 0.1) is 0 Å². The maximum Gasteiger partial charge on any atom is 0.0462 e. The van der Waals surface area contributed by atoms with Crippen LogP contribution >= 0.6 is 0 Å². The molecule has 10 aromatic rings. The van der Waals surface area contributed by atoms with Crippen LogP contribution < -0.4 is 4.90 Å². The summed E-state index contributed by atoms with van der Waals surface area (Å²) in [5.41, 5.74) is 20.1. The minimum Gasteiger partial charge on any atom is -0.311 e. The normalized spacial score (nSPS) is 11.0. The van der Waals surface area contributed by atoms with Crippen molar-refractivity contribution in [3.63, 3.8) is 0 Å². The summed E-state index contributed by atoms with van der Waals surface area (Å²) in [5, 5.41) is 0. The lowest BCUT2D eigenvalue weighted by Gasteiger charge is -2.26. The third-order valence-electron chi connectivity index (χ3n) is 11.5. The molecule has 0 aliphatic rings. The average Bonchev–Trinajstić information content (AvgIpc) is 3.36. The molecule has 1 nitrogen and oxygen atoms in total. The SMILES string of the molecule is c1ccc(-c2ccc(-c3ccc(N(c4ccc(-c5ccccc5-c5ccccc5)cc4)c4ccc(-c5cc(-c6ccccc6)ccc5-c5ccccc5)cc4)cc3)cc2)cc1. The van der Waals surface area contributed by atoms with E-state index in [-0.39, 0.29) is 0 Å². The summed E-state index contributed by atoms with van der Waals surface area (Å²) in [6.07, 6.45) is 0. The fourth-order valence-electron chi connectivity index (χ4n) is 8.38. The summed E-state index contributed by atoms with van der Waals surface area (Å²) in [6, 6.07) is 93.9. The van der Waals surface area contributed by atoms with Crippen molar-refractivity contribution in [2.45, 2.75) is 0 Å². The van der Waals surface area contributed by atoms with Crippen LogP contribution in [0.4, 0.5) is 17.1 Å². The first kappa shape index (κ1) is 37.3. The molecule has 0 radical (unpaired) electrons. The third-order valence-corrected chi connectivity index (χ3v) is 11.5. The molecule has 0 heterocycles. The summed E-state index contributed by atoms with van der Waals surface area (Å²) in [4.78, 5) is 2.36. The van der Waals surface area contributed by atoms with Gasteiger partial charge in [-0.3, -0.25) is 0 Å². The minimum absolute atomic E-state index is 1.08. The van der Waals surface area contributed by atoms with Crippen LogP contribution in [0.5, 0.6) is 0 Å². The molecule has 1 heteroatoms. The number of hydrogen-bond acceptors (Lipinski definition) is 1. The van der Waals surface area contributed by atoms with E-state index in [1.807, 2.05) is 0 Å². The fraction of sp³-hybridized carbons (Fsp3) is 0. The van der Waals surface area contributed by atoms with Crippen molar-refractivity contribution in [1.82, 2.24) is 0 Å². The smallest absolute Gasteiger partial charge is 0.0462 e. The number of nitrogens with zero attached hydrogens (tertiary/aromatic N) is 1. The van der Waals surface area contributed by atoms with Crippen molar-refractivity contribution >= 4 is 17.1 Å². The molecular formula is C60H43N. The van der Waals surface area contributed by atoms with Crippen LogP contribution in [0.1, 0.15) is 0 Å². The number of anilines is 3. The fourth-order valence-corrected chi connectivity index (χ4v) is 8.38. The molecule has 288 valence electrons. The van der Waals surface area contributed by atoms with Crippen molar-refractivity contribution in [1.29, 1.82) is 0 Å². The molecule has 0 saturated carbocycles. The van der Waals surface area contributed by atoms with Crippen molar-refractivity contribution in [2.75, 3.05) is 4.90 Å². The molecule has 61 heavy (non-hydrogen) atoms. The van der Waals surface area contributed by atoms with E-state index in [0.29, 0.717) is 0 Å². The van der Waals surface area contributed by atoms with E-state index in [4.69, 9.17) is 0 Å². The van der Waals surface area contributed by atoms with Gasteiger partial charge >= 0.3 is 0 Å². The molecule has 0 fully saturated rings. The number of hydrogen-bond donors (Lipinski definition) is 0. The minimum atomic E-state index is 1.08. The zero-order valence-corrected chi connectivity index (χ0v) is 33.8. The van der Waals surface area contributed by atoms with Gasteiger partial charge in [-0.2, -0.15) is 0 Å². The van der Waals surface area contributed by atoms with Crippen molar-refractivity contribution in [2.24, 2.45) is 0 Å². The Labute approximate surface area is 359 Å². The highest BCUT2D eigenvalue weighted by Gasteiger charge is 2.16. The second-order valence-corrected chi connectivity index (χ2v) is 15.3. The molecule has 10 rings (SSSR count). The van der Waals surface area contributed by atoms with Gasteiger partial charge in [-0.15, -0.1) is 0 Å². The van der Waals surface area contributed by atoms with Gasteiger partial charge in [-0.1, -0.05) is 218 Å². The highest BCUT2D eigenvalue weighted by molar-refractivity contribution is 5.89. The summed E-state index contributed by atoms with van der Waals surface area (Å²) >= 11 is 0. The zero-order chi connectivity index (χ0) is 40.8. The average molecular weight is 778 g/mol. The molecule has 0 bridgehead atoms. The molecule has 0 amide bonds. The standard InChI is InChI=1S/C60H43N/c1-5-15-44(16-6-1)46-25-27-47(28-26-46)48-29-36-54(37-30-48)61(55-38-31-51(32-39-55)58-24-14-13-23-57(58)49-19-9-3-10-20-49)56-40-33-52(34-41-56)60-43-53(45-17-7-2-8-18-45)35-42-59(60)50-21-11-4-12-22-50/h1-43H. The maximum atomic E-state index is 2.36. The molecule has 0 unspecified atom stereocenters. The van der Waals surface area contributed by atoms with E-state index < -0.39 is 0 Å².